The number of ether oxygens (including phenoxy) is 1. The number of halogens is 2. The molecule has 0 radical (unpaired) electrons. The third kappa shape index (κ3) is 3.18. The first-order chi connectivity index (χ1) is 17.7. The smallest absolute Gasteiger partial charge is 0.227 e. The molecule has 6 nitrogen and oxygen atoms in total. The fourth-order valence-corrected chi connectivity index (χ4v) is 7.99. The number of benzene rings is 2. The van der Waals surface area contributed by atoms with E-state index in [1.807, 2.05) is 6.07 Å². The fraction of sp³-hybridized carbons (Fsp3) is 0.552. The van der Waals surface area contributed by atoms with Crippen LogP contribution >= 0.6 is 0 Å². The predicted molar refractivity (Wildman–Crippen MR) is 131 cm³/mol. The van der Waals surface area contributed by atoms with Gasteiger partial charge in [0.25, 0.3) is 0 Å². The number of phenols is 1. The number of likely N-dealkylation sites (N-methyl/N-ethyl adjacent to an activating group) is 1. The minimum absolute atomic E-state index is 0.0277. The molecule has 1 spiro atoms. The Hall–Kier alpha value is -2.71. The van der Waals surface area contributed by atoms with Crippen molar-refractivity contribution in [3.05, 3.63) is 58.7 Å². The average Bonchev–Trinajstić information content (AvgIpc) is 3.61. The number of aliphatic hydroxyl groups is 1. The number of carbonyl (C=O) groups is 1. The van der Waals surface area contributed by atoms with Crippen LogP contribution in [0, 0.1) is 17.6 Å². The molecular formula is C29H32F2N2O4. The normalized spacial score (nSPS) is 33.6. The molecule has 3 aliphatic carbocycles. The SMILES string of the molecule is CN(C(=O)Cc1ccc(F)c(F)c1)[C@@H]1CC[C@@]2(O)[C@H]3Cc4ccc(O)c5c4[C@@]2(CCN3CC2CC2)[C@H]1O5. The van der Waals surface area contributed by atoms with Crippen LogP contribution in [-0.2, 0) is 23.1 Å². The number of likely N-dealkylation sites (tertiary alicyclic amines) is 1. The molecule has 2 saturated carbocycles. The lowest BCUT2D eigenvalue weighted by atomic mass is 9.48. The second-order valence-electron chi connectivity index (χ2n) is 11.8. The van der Waals surface area contributed by atoms with Crippen LogP contribution in [0.15, 0.2) is 30.3 Å². The average molecular weight is 511 g/mol. The largest absolute Gasteiger partial charge is 0.504 e. The van der Waals surface area contributed by atoms with Gasteiger partial charge >= 0.3 is 0 Å². The van der Waals surface area contributed by atoms with E-state index in [9.17, 15) is 23.8 Å². The summed E-state index contributed by atoms with van der Waals surface area (Å²) in [4.78, 5) is 17.5. The van der Waals surface area contributed by atoms with E-state index in [-0.39, 0.29) is 30.2 Å². The Morgan fingerprint density at radius 1 is 1.16 bits per heavy atom. The van der Waals surface area contributed by atoms with E-state index in [1.165, 1.54) is 18.9 Å². The molecule has 2 bridgehead atoms. The van der Waals surface area contributed by atoms with Crippen molar-refractivity contribution in [3.8, 4) is 11.5 Å². The maximum atomic E-state index is 13.8. The van der Waals surface area contributed by atoms with Crippen LogP contribution < -0.4 is 4.74 Å². The van der Waals surface area contributed by atoms with Gasteiger partial charge in [0.1, 0.15) is 6.10 Å². The Bertz CT molecular complexity index is 1300. The third-order valence-electron chi connectivity index (χ3n) is 9.96. The van der Waals surface area contributed by atoms with Gasteiger partial charge in [-0.05, 0) is 80.3 Å². The third-order valence-corrected chi connectivity index (χ3v) is 9.96. The molecule has 2 aliphatic heterocycles. The molecule has 3 fully saturated rings. The van der Waals surface area contributed by atoms with Crippen LogP contribution in [0.1, 0.15) is 48.8 Å². The van der Waals surface area contributed by atoms with Crippen LogP contribution in [0.3, 0.4) is 0 Å². The van der Waals surface area contributed by atoms with Gasteiger partial charge in [0.15, 0.2) is 23.1 Å². The molecule has 2 heterocycles. The van der Waals surface area contributed by atoms with Crippen LogP contribution in [-0.4, -0.2) is 69.8 Å². The molecule has 2 aromatic rings. The van der Waals surface area contributed by atoms with Crippen LogP contribution in [0.2, 0.25) is 0 Å². The number of piperidine rings is 1. The molecule has 2 aromatic carbocycles. The van der Waals surface area contributed by atoms with Gasteiger partial charge in [-0.25, -0.2) is 8.78 Å². The summed E-state index contributed by atoms with van der Waals surface area (Å²) in [5.41, 5.74) is 0.717. The number of carbonyl (C=O) groups excluding carboxylic acids is 1. The lowest BCUT2D eigenvalue weighted by Crippen LogP contribution is -2.78. The van der Waals surface area contributed by atoms with Crippen molar-refractivity contribution in [2.24, 2.45) is 5.92 Å². The maximum absolute atomic E-state index is 13.8. The van der Waals surface area contributed by atoms with E-state index in [2.05, 4.69) is 4.90 Å². The van der Waals surface area contributed by atoms with Gasteiger partial charge < -0.3 is 19.8 Å². The quantitative estimate of drug-likeness (QED) is 0.646. The number of aromatic hydroxyl groups is 1. The zero-order valence-corrected chi connectivity index (χ0v) is 20.9. The number of hydrogen-bond acceptors (Lipinski definition) is 5. The van der Waals surface area contributed by atoms with E-state index in [4.69, 9.17) is 4.74 Å². The first-order valence-electron chi connectivity index (χ1n) is 13.4. The minimum atomic E-state index is -1.02. The Morgan fingerprint density at radius 3 is 2.73 bits per heavy atom. The van der Waals surface area contributed by atoms with Crippen LogP contribution in [0.5, 0.6) is 11.5 Å². The lowest BCUT2D eigenvalue weighted by molar-refractivity contribution is -0.200. The van der Waals surface area contributed by atoms with Gasteiger partial charge in [-0.15, -0.1) is 0 Å². The molecule has 8 heteroatoms. The molecule has 5 atom stereocenters. The highest BCUT2D eigenvalue weighted by Gasteiger charge is 2.73. The van der Waals surface area contributed by atoms with E-state index < -0.39 is 28.8 Å². The molecule has 2 N–H and O–H groups in total. The second kappa shape index (κ2) is 7.90. The molecule has 196 valence electrons. The van der Waals surface area contributed by atoms with Crippen LogP contribution in [0.25, 0.3) is 0 Å². The van der Waals surface area contributed by atoms with Crippen molar-refractivity contribution in [2.75, 3.05) is 20.1 Å². The Labute approximate surface area is 214 Å². The van der Waals surface area contributed by atoms with Gasteiger partial charge in [-0.1, -0.05) is 12.1 Å². The highest BCUT2D eigenvalue weighted by atomic mass is 19.2. The van der Waals surface area contributed by atoms with Gasteiger partial charge in [0.05, 0.1) is 23.5 Å². The predicted octanol–water partition coefficient (Wildman–Crippen LogP) is 3.30. The van der Waals surface area contributed by atoms with Crippen molar-refractivity contribution in [1.29, 1.82) is 0 Å². The van der Waals surface area contributed by atoms with Crippen molar-refractivity contribution < 1.29 is 28.5 Å². The summed E-state index contributed by atoms with van der Waals surface area (Å²) in [6.07, 6.45) is 4.44. The number of hydrogen-bond donors (Lipinski definition) is 2. The minimum Gasteiger partial charge on any atom is -0.504 e. The van der Waals surface area contributed by atoms with Gasteiger partial charge in [-0.2, -0.15) is 0 Å². The number of rotatable bonds is 5. The van der Waals surface area contributed by atoms with Gasteiger partial charge in [0.2, 0.25) is 5.91 Å². The highest BCUT2D eigenvalue weighted by Crippen LogP contribution is 2.66. The second-order valence-corrected chi connectivity index (χ2v) is 11.8. The van der Waals surface area contributed by atoms with Crippen molar-refractivity contribution in [1.82, 2.24) is 9.80 Å². The van der Waals surface area contributed by atoms with E-state index in [1.54, 1.807) is 18.0 Å². The Morgan fingerprint density at radius 2 is 1.97 bits per heavy atom. The molecule has 1 amide bonds. The lowest BCUT2D eigenvalue weighted by Gasteiger charge is -2.64. The summed E-state index contributed by atoms with van der Waals surface area (Å²) < 4.78 is 33.7. The van der Waals surface area contributed by atoms with Gasteiger partial charge in [0, 0.05) is 25.2 Å². The maximum Gasteiger partial charge on any atom is 0.227 e. The number of nitrogens with zero attached hydrogens (tertiary/aromatic N) is 2. The molecular weight excluding hydrogens is 478 g/mol. The molecule has 0 aromatic heterocycles. The van der Waals surface area contributed by atoms with E-state index in [0.29, 0.717) is 36.5 Å². The summed E-state index contributed by atoms with van der Waals surface area (Å²) in [7, 11) is 1.73. The zero-order chi connectivity index (χ0) is 25.7. The number of amides is 1. The van der Waals surface area contributed by atoms with E-state index >= 15 is 0 Å². The van der Waals surface area contributed by atoms with E-state index in [0.717, 1.165) is 42.8 Å². The Balaban J connectivity index is 1.25. The summed E-state index contributed by atoms with van der Waals surface area (Å²) >= 11 is 0. The topological polar surface area (TPSA) is 73.2 Å². The summed E-state index contributed by atoms with van der Waals surface area (Å²) in [5.74, 6) is -0.912. The van der Waals surface area contributed by atoms with Crippen molar-refractivity contribution in [3.63, 3.8) is 0 Å². The summed E-state index contributed by atoms with van der Waals surface area (Å²) in [6, 6.07) is 6.82. The molecule has 5 aliphatic rings. The monoisotopic (exact) mass is 510 g/mol. The summed E-state index contributed by atoms with van der Waals surface area (Å²) in [6.45, 7) is 1.85. The standard InChI is InChI=1S/C29H32F2N2O4/c1-32(24(35)13-17-4-6-19(30)20(31)12-17)21-8-9-29(36)23-14-18-5-7-22(34)26-25(18)28(29,27(21)37-26)10-11-33(23)15-16-2-3-16/h4-7,12,16,21,23,27,34,36H,2-3,8-11,13-15H2,1H3/t21-,23-,27+,28+,29-/m1/s1. The molecule has 1 saturated heterocycles. The van der Waals surface area contributed by atoms with Crippen molar-refractivity contribution >= 4 is 5.91 Å². The molecule has 37 heavy (non-hydrogen) atoms. The zero-order valence-electron chi connectivity index (χ0n) is 20.9. The highest BCUT2D eigenvalue weighted by molar-refractivity contribution is 5.79. The molecule has 7 rings (SSSR count). The van der Waals surface area contributed by atoms with Crippen LogP contribution in [0.4, 0.5) is 8.78 Å². The number of phenolic OH excluding ortho intramolecular Hbond substituents is 1. The summed E-state index contributed by atoms with van der Waals surface area (Å²) in [5, 5.41) is 23.3. The first kappa shape index (κ1) is 23.4. The van der Waals surface area contributed by atoms with Gasteiger partial charge in [-0.3, -0.25) is 9.69 Å². The Kier molecular flexibility index (Phi) is 5.00. The first-order valence-corrected chi connectivity index (χ1v) is 13.4. The molecule has 0 unspecified atom stereocenters. The van der Waals surface area contributed by atoms with Crippen molar-refractivity contribution in [2.45, 2.75) is 74.1 Å². The fourth-order valence-electron chi connectivity index (χ4n) is 7.99.